The van der Waals surface area contributed by atoms with Gasteiger partial charge in [0.2, 0.25) is 0 Å². The van der Waals surface area contributed by atoms with Gasteiger partial charge < -0.3 is 5.11 Å². The number of nitrogens with zero attached hydrogens (tertiary/aromatic N) is 1. The van der Waals surface area contributed by atoms with Crippen LogP contribution in [-0.4, -0.2) is 16.1 Å². The van der Waals surface area contributed by atoms with E-state index in [4.69, 9.17) is 5.11 Å². The number of hydrogen-bond acceptors (Lipinski definition) is 2. The van der Waals surface area contributed by atoms with E-state index < -0.39 is 5.97 Å². The summed E-state index contributed by atoms with van der Waals surface area (Å²) in [6.07, 6.45) is 7.73. The molecule has 0 aliphatic heterocycles. The summed E-state index contributed by atoms with van der Waals surface area (Å²) in [5.74, 6) is 0.551. The summed E-state index contributed by atoms with van der Waals surface area (Å²) in [7, 11) is 0. The number of aryl methyl sites for hydroxylation is 1. The molecule has 2 aliphatic carbocycles. The second-order valence-corrected chi connectivity index (χ2v) is 7.11. The highest BCUT2D eigenvalue weighted by Crippen LogP contribution is 2.53. The van der Waals surface area contributed by atoms with Gasteiger partial charge in [-0.05, 0) is 90.5 Å². The molecular weight excluding hydrogens is 298 g/mol. The Kier molecular flexibility index (Phi) is 3.52. The predicted molar refractivity (Wildman–Crippen MR) is 95.3 cm³/mol. The number of carbonyl (C=O) groups is 1. The highest BCUT2D eigenvalue weighted by atomic mass is 16.4. The average molecular weight is 319 g/mol. The van der Waals surface area contributed by atoms with Crippen LogP contribution in [0.25, 0.3) is 11.6 Å². The average Bonchev–Trinajstić information content (AvgIpc) is 3.16. The van der Waals surface area contributed by atoms with Crippen LogP contribution in [0, 0.1) is 6.92 Å². The topological polar surface area (TPSA) is 50.2 Å². The number of pyridine rings is 1. The first-order chi connectivity index (χ1) is 11.5. The van der Waals surface area contributed by atoms with Crippen LogP contribution in [0.1, 0.15) is 76.3 Å². The molecule has 1 heterocycles. The Labute approximate surface area is 142 Å². The summed E-state index contributed by atoms with van der Waals surface area (Å²) in [4.78, 5) is 14.9. The number of benzene rings is 1. The van der Waals surface area contributed by atoms with Gasteiger partial charge in [-0.1, -0.05) is 18.2 Å². The van der Waals surface area contributed by atoms with Crippen LogP contribution in [-0.2, 0) is 0 Å². The maximum atomic E-state index is 10.9. The van der Waals surface area contributed by atoms with Gasteiger partial charge in [0.25, 0.3) is 0 Å². The van der Waals surface area contributed by atoms with E-state index in [1.165, 1.54) is 36.0 Å². The van der Waals surface area contributed by atoms with E-state index in [0.717, 1.165) is 17.4 Å². The Morgan fingerprint density at radius 1 is 1.21 bits per heavy atom. The number of hydrogen-bond donors (Lipinski definition) is 1. The number of carboxylic acid groups (broad SMARTS) is 1. The van der Waals surface area contributed by atoms with E-state index >= 15 is 0 Å². The normalized spacial score (nSPS) is 21.8. The van der Waals surface area contributed by atoms with Gasteiger partial charge >= 0.3 is 5.97 Å². The SMILES string of the molecule is CC(=Cc1ccc(C(=O)O)nc1)c1cc2c(cc1C)C1CCC2C1. The van der Waals surface area contributed by atoms with Crippen molar-refractivity contribution in [2.24, 2.45) is 0 Å². The van der Waals surface area contributed by atoms with E-state index in [2.05, 4.69) is 37.0 Å². The lowest BCUT2D eigenvalue weighted by Gasteiger charge is -2.18. The lowest BCUT2D eigenvalue weighted by molar-refractivity contribution is 0.0690. The van der Waals surface area contributed by atoms with Crippen LogP contribution >= 0.6 is 0 Å². The molecule has 2 aromatic rings. The van der Waals surface area contributed by atoms with Crippen molar-refractivity contribution in [1.29, 1.82) is 0 Å². The Morgan fingerprint density at radius 2 is 1.92 bits per heavy atom. The molecule has 0 amide bonds. The van der Waals surface area contributed by atoms with Crippen LogP contribution in [0.2, 0.25) is 0 Å². The molecule has 1 aromatic heterocycles. The van der Waals surface area contributed by atoms with Crippen molar-refractivity contribution in [2.45, 2.75) is 44.9 Å². The fraction of sp³-hybridized carbons (Fsp3) is 0.333. The molecule has 3 heteroatoms. The minimum absolute atomic E-state index is 0.0783. The predicted octanol–water partition coefficient (Wildman–Crippen LogP) is 5.01. The third-order valence-electron chi connectivity index (χ3n) is 5.56. The smallest absolute Gasteiger partial charge is 0.354 e. The van der Waals surface area contributed by atoms with Crippen LogP contribution in [0.3, 0.4) is 0 Å². The first kappa shape index (κ1) is 15.1. The second-order valence-electron chi connectivity index (χ2n) is 7.11. The lowest BCUT2D eigenvalue weighted by atomic mass is 9.86. The summed E-state index contributed by atoms with van der Waals surface area (Å²) in [6, 6.07) is 8.14. The fourth-order valence-electron chi connectivity index (χ4n) is 4.37. The Bertz CT molecular complexity index is 849. The van der Waals surface area contributed by atoms with E-state index in [1.54, 1.807) is 23.4 Å². The Hall–Kier alpha value is -2.42. The molecule has 0 saturated heterocycles. The summed E-state index contributed by atoms with van der Waals surface area (Å²) < 4.78 is 0. The van der Waals surface area contributed by atoms with Gasteiger partial charge in [-0.25, -0.2) is 9.78 Å². The first-order valence-corrected chi connectivity index (χ1v) is 8.55. The van der Waals surface area contributed by atoms with Crippen molar-refractivity contribution in [1.82, 2.24) is 4.98 Å². The van der Waals surface area contributed by atoms with E-state index in [9.17, 15) is 4.79 Å². The van der Waals surface area contributed by atoms with Gasteiger partial charge in [0.1, 0.15) is 5.69 Å². The molecule has 3 nitrogen and oxygen atoms in total. The minimum atomic E-state index is -0.994. The molecule has 1 saturated carbocycles. The van der Waals surface area contributed by atoms with Gasteiger partial charge in [-0.3, -0.25) is 0 Å². The maximum absolute atomic E-state index is 10.9. The number of rotatable bonds is 3. The van der Waals surface area contributed by atoms with Gasteiger partial charge in [-0.2, -0.15) is 0 Å². The van der Waals surface area contributed by atoms with Crippen LogP contribution in [0.4, 0.5) is 0 Å². The third kappa shape index (κ3) is 2.44. The molecule has 24 heavy (non-hydrogen) atoms. The van der Waals surface area contributed by atoms with Gasteiger partial charge in [0, 0.05) is 6.20 Å². The van der Waals surface area contributed by atoms with Crippen LogP contribution < -0.4 is 0 Å². The number of aromatic nitrogens is 1. The monoisotopic (exact) mass is 319 g/mol. The molecule has 2 bridgehead atoms. The maximum Gasteiger partial charge on any atom is 0.354 e. The van der Waals surface area contributed by atoms with E-state index in [0.29, 0.717) is 0 Å². The molecule has 122 valence electrons. The van der Waals surface area contributed by atoms with Gasteiger partial charge in [-0.15, -0.1) is 0 Å². The fourth-order valence-corrected chi connectivity index (χ4v) is 4.37. The zero-order valence-electron chi connectivity index (χ0n) is 14.0. The number of carboxylic acids is 1. The van der Waals surface area contributed by atoms with Crippen molar-refractivity contribution in [3.63, 3.8) is 0 Å². The minimum Gasteiger partial charge on any atom is -0.477 e. The molecule has 0 spiro atoms. The van der Waals surface area contributed by atoms with Crippen molar-refractivity contribution in [3.05, 3.63) is 64.0 Å². The van der Waals surface area contributed by atoms with Gasteiger partial charge in [0.05, 0.1) is 0 Å². The first-order valence-electron chi connectivity index (χ1n) is 8.55. The largest absolute Gasteiger partial charge is 0.477 e. The number of aromatic carboxylic acids is 1. The Morgan fingerprint density at radius 3 is 2.54 bits per heavy atom. The Balaban J connectivity index is 1.68. The summed E-state index contributed by atoms with van der Waals surface area (Å²) in [6.45, 7) is 4.30. The zero-order valence-corrected chi connectivity index (χ0v) is 14.0. The van der Waals surface area contributed by atoms with Gasteiger partial charge in [0.15, 0.2) is 0 Å². The molecule has 1 N–H and O–H groups in total. The number of fused-ring (bicyclic) bond motifs is 5. The van der Waals surface area contributed by atoms with Crippen molar-refractivity contribution in [3.8, 4) is 0 Å². The molecular formula is C21H21NO2. The summed E-state index contributed by atoms with van der Waals surface area (Å²) >= 11 is 0. The van der Waals surface area contributed by atoms with Crippen molar-refractivity contribution in [2.75, 3.05) is 0 Å². The molecule has 2 unspecified atom stereocenters. The lowest BCUT2D eigenvalue weighted by Crippen LogP contribution is -2.01. The van der Waals surface area contributed by atoms with Crippen molar-refractivity contribution >= 4 is 17.6 Å². The highest BCUT2D eigenvalue weighted by molar-refractivity contribution is 5.86. The van der Waals surface area contributed by atoms with Crippen LogP contribution in [0.5, 0.6) is 0 Å². The molecule has 0 radical (unpaired) electrons. The summed E-state index contributed by atoms with van der Waals surface area (Å²) in [5, 5.41) is 8.94. The summed E-state index contributed by atoms with van der Waals surface area (Å²) in [5.41, 5.74) is 7.96. The highest BCUT2D eigenvalue weighted by Gasteiger charge is 2.37. The van der Waals surface area contributed by atoms with Crippen LogP contribution in [0.15, 0.2) is 30.5 Å². The molecule has 2 atom stereocenters. The second kappa shape index (κ2) is 5.59. The zero-order chi connectivity index (χ0) is 16.8. The third-order valence-corrected chi connectivity index (χ3v) is 5.56. The molecule has 2 aliphatic rings. The van der Waals surface area contributed by atoms with E-state index in [1.807, 2.05) is 6.07 Å². The number of allylic oxidation sites excluding steroid dienone is 1. The van der Waals surface area contributed by atoms with E-state index in [-0.39, 0.29) is 5.69 Å². The molecule has 4 rings (SSSR count). The van der Waals surface area contributed by atoms with Crippen molar-refractivity contribution < 1.29 is 9.90 Å². The molecule has 1 aromatic carbocycles. The quantitative estimate of drug-likeness (QED) is 0.865. The standard InChI is InChI=1S/C21H21NO2/c1-12(7-14-3-6-20(21(23)24)22-11-14)17-10-19-16-5-4-15(9-16)18(19)8-13(17)2/h3,6-8,10-11,15-16H,4-5,9H2,1-2H3,(H,23,24). The molecule has 1 fully saturated rings.